The number of aromatic nitrogens is 2. The van der Waals surface area contributed by atoms with E-state index in [1.54, 1.807) is 22.7 Å². The fourth-order valence-corrected chi connectivity index (χ4v) is 5.68. The largest absolute Gasteiger partial charge is 0.276 e. The van der Waals surface area contributed by atoms with Gasteiger partial charge in [-0.3, -0.25) is 5.10 Å². The molecule has 0 spiro atoms. The lowest BCUT2D eigenvalue weighted by molar-refractivity contribution is 0.580. The number of hydrogen-bond acceptors (Lipinski definition) is 5. The summed E-state index contributed by atoms with van der Waals surface area (Å²) in [7, 11) is -3.81. The van der Waals surface area contributed by atoms with Crippen molar-refractivity contribution in [2.45, 2.75) is 11.3 Å². The molecule has 2 N–H and O–H groups in total. The van der Waals surface area contributed by atoms with Crippen LogP contribution in [-0.2, 0) is 16.4 Å². The molecule has 0 aliphatic rings. The van der Waals surface area contributed by atoms with Gasteiger partial charge in [0.1, 0.15) is 11.5 Å². The van der Waals surface area contributed by atoms with Crippen molar-refractivity contribution in [1.82, 2.24) is 14.9 Å². The van der Waals surface area contributed by atoms with E-state index in [1.807, 2.05) is 35.0 Å². The number of nitrogens with one attached hydrogen (secondary N) is 2. The van der Waals surface area contributed by atoms with Crippen LogP contribution in [0.2, 0.25) is 5.02 Å². The Morgan fingerprint density at radius 1 is 1.10 bits per heavy atom. The molecule has 0 bridgehead atoms. The second kappa shape index (κ2) is 8.37. The van der Waals surface area contributed by atoms with Crippen LogP contribution in [0.25, 0.3) is 21.1 Å². The maximum Gasteiger partial charge on any atom is 0.240 e. The molecule has 0 saturated heterocycles. The lowest BCUT2D eigenvalue weighted by Crippen LogP contribution is -2.26. The van der Waals surface area contributed by atoms with Crippen molar-refractivity contribution in [3.63, 3.8) is 0 Å². The Hall–Kier alpha value is -2.04. The third kappa shape index (κ3) is 4.29. The molecule has 0 unspecified atom stereocenters. The molecule has 0 radical (unpaired) electrons. The first-order valence-corrected chi connectivity index (χ1v) is 12.2. The molecule has 10 heteroatoms. The summed E-state index contributed by atoms with van der Waals surface area (Å²) < 4.78 is 41.0. The molecule has 0 saturated carbocycles. The second-order valence-corrected chi connectivity index (χ2v) is 10.2. The number of sulfonamides is 1. The van der Waals surface area contributed by atoms with Crippen LogP contribution in [-0.4, -0.2) is 25.2 Å². The van der Waals surface area contributed by atoms with E-state index in [9.17, 15) is 12.8 Å². The molecule has 29 heavy (non-hydrogen) atoms. The average molecular weight is 468 g/mol. The molecule has 0 aliphatic carbocycles. The normalized spacial score (nSPS) is 11.8. The highest BCUT2D eigenvalue weighted by Gasteiger charge is 2.20. The molecule has 150 valence electrons. The number of nitrogens with zero attached hydrogens (tertiary/aromatic N) is 1. The smallest absolute Gasteiger partial charge is 0.240 e. The van der Waals surface area contributed by atoms with E-state index in [2.05, 4.69) is 14.9 Å². The zero-order valence-electron chi connectivity index (χ0n) is 14.9. The van der Waals surface area contributed by atoms with Gasteiger partial charge in [-0.25, -0.2) is 17.5 Å². The first-order chi connectivity index (χ1) is 14.0. The van der Waals surface area contributed by atoms with Crippen LogP contribution in [0.5, 0.6) is 0 Å². The number of benzene rings is 1. The molecule has 0 fully saturated rings. The summed E-state index contributed by atoms with van der Waals surface area (Å²) in [5.41, 5.74) is 2.63. The van der Waals surface area contributed by atoms with Crippen LogP contribution in [0, 0.1) is 5.82 Å². The fourth-order valence-electron chi connectivity index (χ4n) is 2.89. The first-order valence-electron chi connectivity index (χ1n) is 8.55. The minimum Gasteiger partial charge on any atom is -0.276 e. The lowest BCUT2D eigenvalue weighted by Gasteiger charge is -2.09. The van der Waals surface area contributed by atoms with Crippen LogP contribution < -0.4 is 4.72 Å². The van der Waals surface area contributed by atoms with E-state index >= 15 is 0 Å². The van der Waals surface area contributed by atoms with Gasteiger partial charge >= 0.3 is 0 Å². The molecule has 0 atom stereocenters. The van der Waals surface area contributed by atoms with Crippen LogP contribution in [0.4, 0.5) is 4.39 Å². The number of H-pyrrole nitrogens is 1. The third-order valence-corrected chi connectivity index (χ3v) is 7.77. The van der Waals surface area contributed by atoms with Gasteiger partial charge in [0.2, 0.25) is 10.0 Å². The first kappa shape index (κ1) is 20.2. The van der Waals surface area contributed by atoms with Gasteiger partial charge in [0.25, 0.3) is 0 Å². The van der Waals surface area contributed by atoms with Crippen LogP contribution in [0.1, 0.15) is 5.56 Å². The Morgan fingerprint density at radius 3 is 2.48 bits per heavy atom. The van der Waals surface area contributed by atoms with E-state index in [0.717, 1.165) is 38.8 Å². The van der Waals surface area contributed by atoms with Crippen LogP contribution in [0.15, 0.2) is 58.1 Å². The number of aromatic amines is 1. The van der Waals surface area contributed by atoms with Crippen molar-refractivity contribution >= 4 is 44.3 Å². The van der Waals surface area contributed by atoms with Gasteiger partial charge in [0.05, 0.1) is 25.4 Å². The Morgan fingerprint density at radius 2 is 1.83 bits per heavy atom. The Labute approximate surface area is 180 Å². The van der Waals surface area contributed by atoms with Crippen molar-refractivity contribution < 1.29 is 12.8 Å². The predicted molar refractivity (Wildman–Crippen MR) is 116 cm³/mol. The standard InChI is InChI=1S/C19H15ClFN3O2S3/c20-14-11-12(5-6-15(14)21)29(25,26)22-8-7-13-18(16-3-1-9-27-16)23-24-19(13)17-4-2-10-28-17/h1-6,9-11,22H,7-8H2,(H,23,24). The number of hydrogen-bond donors (Lipinski definition) is 2. The van der Waals surface area contributed by atoms with Gasteiger partial charge in [-0.1, -0.05) is 23.7 Å². The monoisotopic (exact) mass is 467 g/mol. The predicted octanol–water partition coefficient (Wildman–Crippen LogP) is 5.18. The Bertz CT molecular complexity index is 1170. The molecular formula is C19H15ClFN3O2S3. The number of thiophene rings is 2. The molecule has 3 aromatic heterocycles. The molecule has 4 aromatic rings. The van der Waals surface area contributed by atoms with Crippen molar-refractivity contribution in [3.05, 3.63) is 69.6 Å². The molecule has 1 aromatic carbocycles. The minimum atomic E-state index is -3.81. The van der Waals surface area contributed by atoms with Gasteiger partial charge in [-0.2, -0.15) is 5.10 Å². The quantitative estimate of drug-likeness (QED) is 0.393. The van der Waals surface area contributed by atoms with Gasteiger partial charge in [0.15, 0.2) is 0 Å². The molecule has 5 nitrogen and oxygen atoms in total. The fraction of sp³-hybridized carbons (Fsp3) is 0.105. The molecule has 0 amide bonds. The topological polar surface area (TPSA) is 74.8 Å². The highest BCUT2D eigenvalue weighted by molar-refractivity contribution is 7.89. The van der Waals surface area contributed by atoms with E-state index < -0.39 is 15.8 Å². The van der Waals surface area contributed by atoms with Gasteiger partial charge in [-0.15, -0.1) is 22.7 Å². The van der Waals surface area contributed by atoms with Crippen LogP contribution in [0.3, 0.4) is 0 Å². The summed E-state index contributed by atoms with van der Waals surface area (Å²) in [6.45, 7) is 0.160. The van der Waals surface area contributed by atoms with E-state index in [0.29, 0.717) is 6.42 Å². The highest BCUT2D eigenvalue weighted by Crippen LogP contribution is 2.34. The SMILES string of the molecule is O=S(=O)(NCCc1c(-c2cccs2)n[nH]c1-c1cccs1)c1ccc(F)c(Cl)c1. The maximum absolute atomic E-state index is 13.3. The van der Waals surface area contributed by atoms with Crippen molar-refractivity contribution in [1.29, 1.82) is 0 Å². The summed E-state index contributed by atoms with van der Waals surface area (Å²) in [4.78, 5) is 1.96. The lowest BCUT2D eigenvalue weighted by atomic mass is 10.1. The van der Waals surface area contributed by atoms with E-state index in [-0.39, 0.29) is 16.5 Å². The minimum absolute atomic E-state index is 0.0759. The molecule has 4 rings (SSSR count). The number of rotatable bonds is 7. The highest BCUT2D eigenvalue weighted by atomic mass is 35.5. The maximum atomic E-state index is 13.3. The summed E-state index contributed by atoms with van der Waals surface area (Å²) >= 11 is 8.87. The molecular weight excluding hydrogens is 453 g/mol. The number of halogens is 2. The summed E-state index contributed by atoms with van der Waals surface area (Å²) in [6, 6.07) is 11.2. The van der Waals surface area contributed by atoms with E-state index in [1.165, 1.54) is 6.07 Å². The Kier molecular flexibility index (Phi) is 5.84. The van der Waals surface area contributed by atoms with Crippen molar-refractivity contribution in [2.24, 2.45) is 0 Å². The zero-order valence-corrected chi connectivity index (χ0v) is 18.1. The van der Waals surface area contributed by atoms with Crippen LogP contribution >= 0.6 is 34.3 Å². The second-order valence-electron chi connectivity index (χ2n) is 6.10. The average Bonchev–Trinajstić information content (AvgIpc) is 3.44. The van der Waals surface area contributed by atoms with E-state index in [4.69, 9.17) is 11.6 Å². The van der Waals surface area contributed by atoms with Gasteiger partial charge < -0.3 is 0 Å². The van der Waals surface area contributed by atoms with Gasteiger partial charge in [0, 0.05) is 12.1 Å². The third-order valence-electron chi connectivity index (χ3n) is 4.26. The summed E-state index contributed by atoms with van der Waals surface area (Å²) in [5, 5.41) is 11.3. The summed E-state index contributed by atoms with van der Waals surface area (Å²) in [6.07, 6.45) is 0.436. The van der Waals surface area contributed by atoms with Gasteiger partial charge in [-0.05, 0) is 47.5 Å². The molecule has 3 heterocycles. The van der Waals surface area contributed by atoms with Crippen molar-refractivity contribution in [3.8, 4) is 21.1 Å². The molecule has 0 aliphatic heterocycles. The summed E-state index contributed by atoms with van der Waals surface area (Å²) in [5.74, 6) is -0.662. The Balaban J connectivity index is 1.58. The zero-order chi connectivity index (χ0) is 20.4. The van der Waals surface area contributed by atoms with Crippen molar-refractivity contribution in [2.75, 3.05) is 6.54 Å².